The molecule has 5 nitrogen and oxygen atoms in total. The summed E-state index contributed by atoms with van der Waals surface area (Å²) in [5.74, 6) is -1.90. The van der Waals surface area contributed by atoms with Gasteiger partial charge in [-0.25, -0.2) is 9.97 Å². The van der Waals surface area contributed by atoms with Crippen molar-refractivity contribution in [3.05, 3.63) is 29.0 Å². The Morgan fingerprint density at radius 2 is 2.04 bits per heavy atom. The molecule has 2 aliphatic rings. The van der Waals surface area contributed by atoms with Gasteiger partial charge in [-0.3, -0.25) is 0 Å². The third kappa shape index (κ3) is 3.04. The van der Waals surface area contributed by atoms with E-state index in [0.717, 1.165) is 21.8 Å². The summed E-state index contributed by atoms with van der Waals surface area (Å²) in [7, 11) is 1.62. The van der Waals surface area contributed by atoms with E-state index in [1.54, 1.807) is 23.8 Å². The minimum atomic E-state index is -2.95. The monoisotopic (exact) mass is 393 g/mol. The van der Waals surface area contributed by atoms with Gasteiger partial charge >= 0.3 is 0 Å². The number of anilines is 1. The number of halogens is 2. The largest absolute Gasteiger partial charge is 0.495 e. The van der Waals surface area contributed by atoms with Gasteiger partial charge in [0.2, 0.25) is 5.95 Å². The van der Waals surface area contributed by atoms with E-state index in [2.05, 4.69) is 9.97 Å². The summed E-state index contributed by atoms with van der Waals surface area (Å²) in [6.45, 7) is 2.66. The molecule has 0 saturated carbocycles. The van der Waals surface area contributed by atoms with Crippen molar-refractivity contribution in [2.24, 2.45) is 0 Å². The van der Waals surface area contributed by atoms with Crippen molar-refractivity contribution in [3.8, 4) is 17.0 Å². The summed E-state index contributed by atoms with van der Waals surface area (Å²) in [6, 6.07) is 3.86. The molecule has 2 heterocycles. The van der Waals surface area contributed by atoms with E-state index in [1.165, 1.54) is 0 Å². The number of benzene rings is 1. The van der Waals surface area contributed by atoms with Crippen LogP contribution in [-0.4, -0.2) is 47.6 Å². The number of rotatable bonds is 4. The highest BCUT2D eigenvalue weighted by atomic mass is 32.2. The highest BCUT2D eigenvalue weighted by Crippen LogP contribution is 2.45. The second-order valence-electron chi connectivity index (χ2n) is 6.99. The molecular formula is C19H21F2N3O2S. The Kier molecular flexibility index (Phi) is 4.50. The van der Waals surface area contributed by atoms with Crippen LogP contribution in [-0.2, 0) is 12.3 Å². The van der Waals surface area contributed by atoms with E-state index >= 15 is 0 Å². The van der Waals surface area contributed by atoms with Crippen LogP contribution in [0.4, 0.5) is 14.7 Å². The number of nitrogens with zero attached hydrogens (tertiary/aromatic N) is 3. The Morgan fingerprint density at radius 3 is 2.67 bits per heavy atom. The van der Waals surface area contributed by atoms with Crippen molar-refractivity contribution >= 4 is 17.7 Å². The van der Waals surface area contributed by atoms with Gasteiger partial charge in [0, 0.05) is 30.6 Å². The van der Waals surface area contributed by atoms with E-state index < -0.39 is 12.0 Å². The molecule has 0 radical (unpaired) electrons. The number of hydrogen-bond acceptors (Lipinski definition) is 6. The van der Waals surface area contributed by atoms with Gasteiger partial charge in [-0.05, 0) is 37.3 Å². The molecule has 0 bridgehead atoms. The first-order valence-corrected chi connectivity index (χ1v) is 10.0. The Hall–Kier alpha value is -1.93. The van der Waals surface area contributed by atoms with Crippen molar-refractivity contribution < 1.29 is 18.6 Å². The normalized spacial score (nSPS) is 18.4. The minimum absolute atomic E-state index is 0.178. The molecule has 1 aliphatic carbocycles. The molecule has 0 unspecified atom stereocenters. The molecule has 1 aromatic heterocycles. The van der Waals surface area contributed by atoms with Crippen LogP contribution in [0.15, 0.2) is 17.0 Å². The van der Waals surface area contributed by atoms with Gasteiger partial charge in [0.15, 0.2) is 0 Å². The summed E-state index contributed by atoms with van der Waals surface area (Å²) in [5.41, 5.74) is 2.60. The number of aryl methyl sites for hydroxylation is 1. The number of methoxy groups -OCH3 is 1. The van der Waals surface area contributed by atoms with Crippen LogP contribution in [0.1, 0.15) is 23.2 Å². The number of aliphatic hydroxyl groups is 1. The maximum atomic E-state index is 14.4. The van der Waals surface area contributed by atoms with E-state index in [-0.39, 0.29) is 24.5 Å². The van der Waals surface area contributed by atoms with Gasteiger partial charge in [-0.1, -0.05) is 0 Å². The SMILES string of the molecule is COc1c(C)cc(-c2nc(N3CC(O)C3)nc3c2CCC3(F)F)cc1SC. The first-order chi connectivity index (χ1) is 12.8. The maximum absolute atomic E-state index is 14.4. The van der Waals surface area contributed by atoms with Crippen LogP contribution < -0.4 is 9.64 Å². The predicted octanol–water partition coefficient (Wildman–Crippen LogP) is 3.40. The standard InChI is InChI=1S/C19H21F2N3O2S/c1-10-6-11(7-14(27-3)16(10)26-2)15-13-4-5-19(20,21)17(13)23-18(22-15)24-8-12(25)9-24/h6-7,12,25H,4-5,8-9H2,1-3H3. The third-order valence-electron chi connectivity index (χ3n) is 5.11. The first-order valence-electron chi connectivity index (χ1n) is 8.79. The van der Waals surface area contributed by atoms with Crippen molar-refractivity contribution in [2.45, 2.75) is 36.7 Å². The van der Waals surface area contributed by atoms with E-state index in [1.807, 2.05) is 25.3 Å². The smallest absolute Gasteiger partial charge is 0.290 e. The zero-order valence-electron chi connectivity index (χ0n) is 15.4. The van der Waals surface area contributed by atoms with Gasteiger partial charge in [0.25, 0.3) is 5.92 Å². The van der Waals surface area contributed by atoms with E-state index in [0.29, 0.717) is 24.3 Å². The van der Waals surface area contributed by atoms with Crippen molar-refractivity contribution in [1.82, 2.24) is 9.97 Å². The van der Waals surface area contributed by atoms with Crippen LogP contribution in [0, 0.1) is 6.92 Å². The molecule has 1 fully saturated rings. The molecular weight excluding hydrogens is 372 g/mol. The van der Waals surface area contributed by atoms with Gasteiger partial charge in [-0.15, -0.1) is 11.8 Å². The molecule has 0 atom stereocenters. The highest BCUT2D eigenvalue weighted by molar-refractivity contribution is 7.98. The van der Waals surface area contributed by atoms with Gasteiger partial charge < -0.3 is 14.7 Å². The lowest BCUT2D eigenvalue weighted by atomic mass is 10.0. The molecule has 1 aliphatic heterocycles. The van der Waals surface area contributed by atoms with E-state index in [9.17, 15) is 13.9 Å². The minimum Gasteiger partial charge on any atom is -0.495 e. The second-order valence-corrected chi connectivity index (χ2v) is 7.84. The van der Waals surface area contributed by atoms with Crippen molar-refractivity contribution in [3.63, 3.8) is 0 Å². The summed E-state index contributed by atoms with van der Waals surface area (Å²) < 4.78 is 34.3. The Balaban J connectivity index is 1.89. The highest BCUT2D eigenvalue weighted by Gasteiger charge is 2.44. The van der Waals surface area contributed by atoms with Crippen molar-refractivity contribution in [2.75, 3.05) is 31.4 Å². The molecule has 144 valence electrons. The average Bonchev–Trinajstić information content (AvgIpc) is 2.92. The Bertz CT molecular complexity index is 901. The number of aliphatic hydroxyl groups excluding tert-OH is 1. The third-order valence-corrected chi connectivity index (χ3v) is 5.86. The molecule has 1 saturated heterocycles. The Morgan fingerprint density at radius 1 is 1.30 bits per heavy atom. The zero-order chi connectivity index (χ0) is 19.3. The first kappa shape index (κ1) is 18.4. The van der Waals surface area contributed by atoms with Gasteiger partial charge in [0.05, 0.1) is 23.8 Å². The van der Waals surface area contributed by atoms with Gasteiger partial charge in [-0.2, -0.15) is 8.78 Å². The summed E-state index contributed by atoms with van der Waals surface area (Å²) in [5, 5.41) is 9.56. The number of fused-ring (bicyclic) bond motifs is 1. The number of aromatic nitrogens is 2. The van der Waals surface area contributed by atoms with Crippen molar-refractivity contribution in [1.29, 1.82) is 0 Å². The molecule has 0 amide bonds. The van der Waals surface area contributed by atoms with Crippen LogP contribution >= 0.6 is 11.8 Å². The Labute approximate surface area is 160 Å². The quantitative estimate of drug-likeness (QED) is 0.804. The second kappa shape index (κ2) is 6.60. The number of thioether (sulfide) groups is 1. The number of β-amino-alcohol motifs (C(OH)–C–C–N with tert-alkyl or cyclic N) is 1. The molecule has 4 rings (SSSR count). The van der Waals surface area contributed by atoms with Crippen LogP contribution in [0.5, 0.6) is 5.75 Å². The molecule has 27 heavy (non-hydrogen) atoms. The van der Waals surface area contributed by atoms with Gasteiger partial charge in [0.1, 0.15) is 11.4 Å². The zero-order valence-corrected chi connectivity index (χ0v) is 16.2. The predicted molar refractivity (Wildman–Crippen MR) is 101 cm³/mol. The summed E-state index contributed by atoms with van der Waals surface area (Å²) in [6.07, 6.45) is 1.49. The number of hydrogen-bond donors (Lipinski definition) is 1. The molecule has 1 aromatic carbocycles. The lowest BCUT2D eigenvalue weighted by Crippen LogP contribution is -2.51. The molecule has 2 aromatic rings. The summed E-state index contributed by atoms with van der Waals surface area (Å²) in [4.78, 5) is 11.5. The lowest BCUT2D eigenvalue weighted by Gasteiger charge is -2.36. The topological polar surface area (TPSA) is 58.5 Å². The molecule has 0 spiro atoms. The fraction of sp³-hybridized carbons (Fsp3) is 0.474. The van der Waals surface area contributed by atoms with Crippen LogP contribution in [0.25, 0.3) is 11.3 Å². The molecule has 8 heteroatoms. The van der Waals surface area contributed by atoms with Crippen LogP contribution in [0.3, 0.4) is 0 Å². The van der Waals surface area contributed by atoms with E-state index in [4.69, 9.17) is 4.74 Å². The maximum Gasteiger partial charge on any atom is 0.290 e. The fourth-order valence-electron chi connectivity index (χ4n) is 3.70. The lowest BCUT2D eigenvalue weighted by molar-refractivity contribution is -0.00596. The number of ether oxygens (including phenoxy) is 1. The number of alkyl halides is 2. The average molecular weight is 393 g/mol. The summed E-state index contributed by atoms with van der Waals surface area (Å²) >= 11 is 1.54. The van der Waals surface area contributed by atoms with Crippen LogP contribution in [0.2, 0.25) is 0 Å². The molecule has 1 N–H and O–H groups in total. The fourth-order valence-corrected chi connectivity index (χ4v) is 4.38.